The van der Waals surface area contributed by atoms with Gasteiger partial charge < -0.3 is 5.11 Å². The lowest BCUT2D eigenvalue weighted by Crippen LogP contribution is -2.20. The van der Waals surface area contributed by atoms with Crippen LogP contribution in [0.1, 0.15) is 12.5 Å². The molecule has 0 saturated carbocycles. The van der Waals surface area contributed by atoms with E-state index in [4.69, 9.17) is 0 Å². The van der Waals surface area contributed by atoms with Gasteiger partial charge in [0.05, 0.1) is 4.92 Å². The highest BCUT2D eigenvalue weighted by atomic mass is 16.6. The van der Waals surface area contributed by atoms with Crippen LogP contribution in [-0.4, -0.2) is 21.9 Å². The first-order valence-electron chi connectivity index (χ1n) is 4.43. The van der Waals surface area contributed by atoms with Gasteiger partial charge in [-0.2, -0.15) is 0 Å². The lowest BCUT2D eigenvalue weighted by atomic mass is 10.0. The fraction of sp³-hybridized carbons (Fsp3) is 0.300. The molecule has 1 aromatic rings. The van der Waals surface area contributed by atoms with E-state index < -0.39 is 16.8 Å². The minimum atomic E-state index is -1.17. The topological polar surface area (TPSA) is 80.4 Å². The number of nitro groups is 1. The second-order valence-corrected chi connectivity index (χ2v) is 3.22. The van der Waals surface area contributed by atoms with E-state index in [1.807, 2.05) is 0 Å². The lowest BCUT2D eigenvalue weighted by molar-refractivity contribution is -0.385. The maximum Gasteiger partial charge on any atom is 0.272 e. The maximum absolute atomic E-state index is 10.8. The van der Waals surface area contributed by atoms with Crippen LogP contribution in [0, 0.1) is 10.1 Å². The monoisotopic (exact) mass is 209 g/mol. The Kier molecular flexibility index (Phi) is 3.51. The van der Waals surface area contributed by atoms with Crippen LogP contribution in [0.3, 0.4) is 0 Å². The van der Waals surface area contributed by atoms with Crippen LogP contribution in [0.2, 0.25) is 0 Å². The van der Waals surface area contributed by atoms with E-state index in [-0.39, 0.29) is 12.1 Å². The number of Topliss-reactive ketones (excluding diaryl/α,β-unsaturated/α-hetero) is 1. The fourth-order valence-electron chi connectivity index (χ4n) is 1.21. The van der Waals surface area contributed by atoms with Crippen LogP contribution in [0.25, 0.3) is 0 Å². The van der Waals surface area contributed by atoms with E-state index in [0.717, 1.165) is 0 Å². The molecule has 1 unspecified atom stereocenters. The molecule has 1 rings (SSSR count). The van der Waals surface area contributed by atoms with E-state index in [1.54, 1.807) is 12.1 Å². The summed E-state index contributed by atoms with van der Waals surface area (Å²) in [4.78, 5) is 20.9. The number of hydrogen-bond acceptors (Lipinski definition) is 4. The summed E-state index contributed by atoms with van der Waals surface area (Å²) in [5.74, 6) is -0.395. The van der Waals surface area contributed by atoms with Crippen molar-refractivity contribution in [3.05, 3.63) is 39.9 Å². The third-order valence-corrected chi connectivity index (χ3v) is 2.07. The summed E-state index contributed by atoms with van der Waals surface area (Å²) in [6.45, 7) is 1.25. The Hall–Kier alpha value is -1.75. The van der Waals surface area contributed by atoms with Gasteiger partial charge in [0.25, 0.3) is 5.69 Å². The molecule has 0 fully saturated rings. The van der Waals surface area contributed by atoms with Crippen molar-refractivity contribution in [3.63, 3.8) is 0 Å². The van der Waals surface area contributed by atoms with Crippen molar-refractivity contribution in [2.75, 3.05) is 0 Å². The maximum atomic E-state index is 10.8. The predicted octanol–water partition coefficient (Wildman–Crippen LogP) is 1.09. The van der Waals surface area contributed by atoms with Crippen LogP contribution in [0.5, 0.6) is 0 Å². The quantitative estimate of drug-likeness (QED) is 0.594. The molecule has 1 N–H and O–H groups in total. The molecule has 0 saturated heterocycles. The molecule has 0 aliphatic rings. The zero-order chi connectivity index (χ0) is 11.4. The summed E-state index contributed by atoms with van der Waals surface area (Å²) in [6.07, 6.45) is -1.20. The number of ketones is 1. The third kappa shape index (κ3) is 2.85. The van der Waals surface area contributed by atoms with Crippen molar-refractivity contribution in [1.82, 2.24) is 0 Å². The Balaban J connectivity index is 2.94. The number of benzene rings is 1. The molecule has 0 spiro atoms. The molecule has 0 aliphatic carbocycles. The van der Waals surface area contributed by atoms with Crippen LogP contribution in [0.15, 0.2) is 24.3 Å². The van der Waals surface area contributed by atoms with Crippen molar-refractivity contribution in [2.24, 2.45) is 0 Å². The smallest absolute Gasteiger partial charge is 0.272 e. The van der Waals surface area contributed by atoms with Gasteiger partial charge in [-0.15, -0.1) is 0 Å². The molecule has 0 amide bonds. The van der Waals surface area contributed by atoms with E-state index in [1.165, 1.54) is 19.1 Å². The van der Waals surface area contributed by atoms with Gasteiger partial charge in [0.2, 0.25) is 0 Å². The lowest BCUT2D eigenvalue weighted by Gasteiger charge is -2.06. The standard InChI is InChI=1S/C10H11NO4/c1-7(12)10(13)6-8-4-2-3-5-9(8)11(14)15/h2-5,10,13H,6H2,1H3. The fourth-order valence-corrected chi connectivity index (χ4v) is 1.21. The second kappa shape index (κ2) is 4.65. The van der Waals surface area contributed by atoms with Crippen LogP contribution < -0.4 is 0 Å². The number of carbonyl (C=O) groups is 1. The summed E-state index contributed by atoms with van der Waals surface area (Å²) in [5.41, 5.74) is 0.294. The predicted molar refractivity (Wildman–Crippen MR) is 53.5 cm³/mol. The average Bonchev–Trinajstić information content (AvgIpc) is 2.18. The molecule has 0 aliphatic heterocycles. The molecule has 0 heterocycles. The largest absolute Gasteiger partial charge is 0.385 e. The first-order valence-corrected chi connectivity index (χ1v) is 4.43. The summed E-state index contributed by atoms with van der Waals surface area (Å²) in [7, 11) is 0. The Morgan fingerprint density at radius 2 is 2.13 bits per heavy atom. The van der Waals surface area contributed by atoms with Gasteiger partial charge in [-0.25, -0.2) is 0 Å². The average molecular weight is 209 g/mol. The van der Waals surface area contributed by atoms with Gasteiger partial charge in [-0.05, 0) is 6.92 Å². The number of carbonyl (C=O) groups excluding carboxylic acids is 1. The number of nitrogens with zero attached hydrogens (tertiary/aromatic N) is 1. The Bertz CT molecular complexity index is 389. The zero-order valence-electron chi connectivity index (χ0n) is 8.21. The first kappa shape index (κ1) is 11.3. The highest BCUT2D eigenvalue weighted by Crippen LogP contribution is 2.19. The number of nitro benzene ring substituents is 1. The normalized spacial score (nSPS) is 12.1. The number of aliphatic hydroxyl groups is 1. The molecule has 80 valence electrons. The number of rotatable bonds is 4. The van der Waals surface area contributed by atoms with E-state index in [2.05, 4.69) is 0 Å². The minimum absolute atomic E-state index is 0.0213. The molecule has 5 heteroatoms. The molecule has 15 heavy (non-hydrogen) atoms. The van der Waals surface area contributed by atoms with Gasteiger partial charge in [0.1, 0.15) is 6.10 Å². The Labute approximate surface area is 86.5 Å². The molecule has 5 nitrogen and oxygen atoms in total. The molecule has 0 radical (unpaired) electrons. The van der Waals surface area contributed by atoms with Gasteiger partial charge in [-0.3, -0.25) is 14.9 Å². The molecule has 1 aromatic carbocycles. The summed E-state index contributed by atoms with van der Waals surface area (Å²) in [6, 6.07) is 6.06. The van der Waals surface area contributed by atoms with Crippen molar-refractivity contribution in [2.45, 2.75) is 19.4 Å². The summed E-state index contributed by atoms with van der Waals surface area (Å²) >= 11 is 0. The number of aliphatic hydroxyl groups excluding tert-OH is 1. The molecular weight excluding hydrogens is 198 g/mol. The van der Waals surface area contributed by atoms with Crippen LogP contribution in [-0.2, 0) is 11.2 Å². The highest BCUT2D eigenvalue weighted by molar-refractivity contribution is 5.80. The first-order chi connectivity index (χ1) is 7.02. The van der Waals surface area contributed by atoms with Crippen LogP contribution in [0.4, 0.5) is 5.69 Å². The van der Waals surface area contributed by atoms with Crippen molar-refractivity contribution in [3.8, 4) is 0 Å². The Morgan fingerprint density at radius 1 is 1.53 bits per heavy atom. The number of para-hydroxylation sites is 1. The summed E-state index contributed by atoms with van der Waals surface area (Å²) in [5, 5.41) is 19.9. The van der Waals surface area contributed by atoms with Gasteiger partial charge in [-0.1, -0.05) is 18.2 Å². The molecular formula is C10H11NO4. The molecule has 0 bridgehead atoms. The van der Waals surface area contributed by atoms with E-state index in [0.29, 0.717) is 5.56 Å². The van der Waals surface area contributed by atoms with E-state index >= 15 is 0 Å². The van der Waals surface area contributed by atoms with Crippen molar-refractivity contribution >= 4 is 11.5 Å². The van der Waals surface area contributed by atoms with Gasteiger partial charge in [0.15, 0.2) is 5.78 Å². The molecule has 1 atom stereocenters. The summed E-state index contributed by atoms with van der Waals surface area (Å²) < 4.78 is 0. The SMILES string of the molecule is CC(=O)C(O)Cc1ccccc1[N+](=O)[O-]. The zero-order valence-corrected chi connectivity index (χ0v) is 8.21. The molecule has 0 aromatic heterocycles. The van der Waals surface area contributed by atoms with Crippen molar-refractivity contribution < 1.29 is 14.8 Å². The van der Waals surface area contributed by atoms with Crippen LogP contribution >= 0.6 is 0 Å². The second-order valence-electron chi connectivity index (χ2n) is 3.22. The number of hydrogen-bond donors (Lipinski definition) is 1. The minimum Gasteiger partial charge on any atom is -0.385 e. The Morgan fingerprint density at radius 3 is 2.67 bits per heavy atom. The highest BCUT2D eigenvalue weighted by Gasteiger charge is 2.17. The van der Waals surface area contributed by atoms with Gasteiger partial charge in [0, 0.05) is 18.1 Å². The third-order valence-electron chi connectivity index (χ3n) is 2.07. The van der Waals surface area contributed by atoms with Gasteiger partial charge >= 0.3 is 0 Å². The van der Waals surface area contributed by atoms with Crippen molar-refractivity contribution in [1.29, 1.82) is 0 Å². The van der Waals surface area contributed by atoms with E-state index in [9.17, 15) is 20.0 Å².